The highest BCUT2D eigenvalue weighted by molar-refractivity contribution is 5.40. The van der Waals surface area contributed by atoms with Crippen LogP contribution in [0.25, 0.3) is 0 Å². The van der Waals surface area contributed by atoms with E-state index in [0.717, 1.165) is 44.8 Å². The van der Waals surface area contributed by atoms with Gasteiger partial charge in [-0.2, -0.15) is 0 Å². The Hall–Kier alpha value is -1.06. The van der Waals surface area contributed by atoms with Crippen molar-refractivity contribution in [2.75, 3.05) is 19.8 Å². The number of rotatable bonds is 3. The Morgan fingerprint density at radius 3 is 3.12 bits per heavy atom. The fourth-order valence-corrected chi connectivity index (χ4v) is 2.65. The molecule has 1 fully saturated rings. The second-order valence-corrected chi connectivity index (χ2v) is 5.05. The third-order valence-corrected chi connectivity index (χ3v) is 3.75. The number of aryl methyl sites for hydroxylation is 1. The number of hydrogen-bond acceptors (Lipinski definition) is 3. The van der Waals surface area contributed by atoms with Crippen LogP contribution in [0.5, 0.6) is 5.75 Å². The number of hydrogen-bond donors (Lipinski definition) is 1. The summed E-state index contributed by atoms with van der Waals surface area (Å²) in [6.45, 7) is 2.49. The quantitative estimate of drug-likeness (QED) is 0.869. The Labute approximate surface area is 102 Å². The second kappa shape index (κ2) is 4.67. The van der Waals surface area contributed by atoms with Crippen molar-refractivity contribution in [3.05, 3.63) is 29.3 Å². The summed E-state index contributed by atoms with van der Waals surface area (Å²) in [5.41, 5.74) is 8.66. The zero-order chi connectivity index (χ0) is 11.7. The smallest absolute Gasteiger partial charge is 0.119 e. The Kier molecular flexibility index (Phi) is 3.04. The lowest BCUT2D eigenvalue weighted by Gasteiger charge is -2.12. The van der Waals surface area contributed by atoms with Gasteiger partial charge in [-0.25, -0.2) is 0 Å². The van der Waals surface area contributed by atoms with Crippen molar-refractivity contribution in [1.29, 1.82) is 0 Å². The van der Waals surface area contributed by atoms with E-state index in [2.05, 4.69) is 12.1 Å². The van der Waals surface area contributed by atoms with E-state index >= 15 is 0 Å². The molecule has 2 aliphatic rings. The minimum Gasteiger partial charge on any atom is -0.493 e. The molecule has 1 heterocycles. The Morgan fingerprint density at radius 1 is 1.35 bits per heavy atom. The van der Waals surface area contributed by atoms with Crippen molar-refractivity contribution in [2.24, 2.45) is 11.7 Å². The molecule has 17 heavy (non-hydrogen) atoms. The summed E-state index contributed by atoms with van der Waals surface area (Å²) in [6.07, 6.45) is 3.27. The molecule has 2 N–H and O–H groups in total. The van der Waals surface area contributed by atoms with Gasteiger partial charge in [0.25, 0.3) is 0 Å². The fraction of sp³-hybridized carbons (Fsp3) is 0.571. The van der Waals surface area contributed by atoms with Crippen LogP contribution in [0, 0.1) is 5.92 Å². The van der Waals surface area contributed by atoms with Crippen molar-refractivity contribution in [3.8, 4) is 5.75 Å². The van der Waals surface area contributed by atoms with Crippen LogP contribution in [0.1, 0.15) is 30.0 Å². The number of fused-ring (bicyclic) bond motifs is 1. The summed E-state index contributed by atoms with van der Waals surface area (Å²) in [6, 6.07) is 6.54. The fourth-order valence-electron chi connectivity index (χ4n) is 2.65. The molecule has 0 radical (unpaired) electrons. The highest BCUT2D eigenvalue weighted by atomic mass is 16.5. The van der Waals surface area contributed by atoms with Crippen molar-refractivity contribution in [2.45, 2.75) is 25.3 Å². The molecule has 1 aromatic carbocycles. The lowest BCUT2D eigenvalue weighted by molar-refractivity contribution is 0.167. The Balaban J connectivity index is 1.64. The first kappa shape index (κ1) is 11.1. The lowest BCUT2D eigenvalue weighted by atomic mass is 10.1. The second-order valence-electron chi connectivity index (χ2n) is 5.05. The van der Waals surface area contributed by atoms with Crippen LogP contribution < -0.4 is 10.5 Å². The van der Waals surface area contributed by atoms with Crippen molar-refractivity contribution < 1.29 is 9.47 Å². The predicted molar refractivity (Wildman–Crippen MR) is 66.1 cm³/mol. The third-order valence-electron chi connectivity index (χ3n) is 3.75. The first-order valence-corrected chi connectivity index (χ1v) is 6.42. The molecule has 3 rings (SSSR count). The van der Waals surface area contributed by atoms with Crippen LogP contribution in [0.15, 0.2) is 18.2 Å². The maximum absolute atomic E-state index is 6.01. The Morgan fingerprint density at radius 2 is 2.29 bits per heavy atom. The van der Waals surface area contributed by atoms with Gasteiger partial charge in [-0.15, -0.1) is 0 Å². The largest absolute Gasteiger partial charge is 0.493 e. The van der Waals surface area contributed by atoms with Crippen LogP contribution in [-0.2, 0) is 11.2 Å². The molecule has 2 atom stereocenters. The van der Waals surface area contributed by atoms with Crippen LogP contribution in [0.3, 0.4) is 0 Å². The molecular formula is C14H19NO2. The molecule has 3 heteroatoms. The summed E-state index contributed by atoms with van der Waals surface area (Å²) in [4.78, 5) is 0. The van der Waals surface area contributed by atoms with Gasteiger partial charge in [-0.05, 0) is 42.5 Å². The topological polar surface area (TPSA) is 44.5 Å². The molecule has 0 amide bonds. The summed E-state index contributed by atoms with van der Waals surface area (Å²) < 4.78 is 11.2. The van der Waals surface area contributed by atoms with Crippen molar-refractivity contribution >= 4 is 0 Å². The van der Waals surface area contributed by atoms with Gasteiger partial charge in [-0.1, -0.05) is 6.07 Å². The third kappa shape index (κ3) is 2.31. The normalized spacial score (nSPS) is 27.1. The molecule has 0 spiro atoms. The van der Waals surface area contributed by atoms with Crippen LogP contribution in [0.4, 0.5) is 0 Å². The van der Waals surface area contributed by atoms with E-state index in [9.17, 15) is 0 Å². The lowest BCUT2D eigenvalue weighted by Crippen LogP contribution is -2.11. The minimum absolute atomic E-state index is 0.224. The molecule has 1 aliphatic heterocycles. The number of benzene rings is 1. The zero-order valence-corrected chi connectivity index (χ0v) is 10.0. The molecule has 1 unspecified atom stereocenters. The summed E-state index contributed by atoms with van der Waals surface area (Å²) >= 11 is 0. The van der Waals surface area contributed by atoms with Gasteiger partial charge >= 0.3 is 0 Å². The first-order chi connectivity index (χ1) is 8.33. The maximum atomic E-state index is 6.01. The molecule has 1 aromatic rings. The van der Waals surface area contributed by atoms with Crippen LogP contribution in [0.2, 0.25) is 0 Å². The molecule has 3 nitrogen and oxygen atoms in total. The average molecular weight is 233 g/mol. The van der Waals surface area contributed by atoms with Gasteiger partial charge < -0.3 is 15.2 Å². The van der Waals surface area contributed by atoms with E-state index in [4.69, 9.17) is 15.2 Å². The van der Waals surface area contributed by atoms with E-state index in [1.165, 1.54) is 11.1 Å². The van der Waals surface area contributed by atoms with Gasteiger partial charge in [-0.3, -0.25) is 0 Å². The molecule has 1 aliphatic carbocycles. The summed E-state index contributed by atoms with van der Waals surface area (Å²) in [5.74, 6) is 1.54. The van der Waals surface area contributed by atoms with E-state index in [1.807, 2.05) is 6.07 Å². The number of ether oxygens (including phenoxy) is 2. The molecule has 0 aromatic heterocycles. The SMILES string of the molecule is N[C@@H]1CCc2cc(OCC3CCOC3)ccc21. The van der Waals surface area contributed by atoms with E-state index in [1.54, 1.807) is 0 Å². The number of nitrogens with two attached hydrogens (primary N) is 1. The molecule has 0 saturated carbocycles. The standard InChI is InChI=1S/C14H19NO2/c15-14-4-1-11-7-12(2-3-13(11)14)17-9-10-5-6-16-8-10/h2-3,7,10,14H,1,4-6,8-9,15H2/t10?,14-/m1/s1. The van der Waals surface area contributed by atoms with Gasteiger partial charge in [0.1, 0.15) is 5.75 Å². The van der Waals surface area contributed by atoms with Gasteiger partial charge in [0.2, 0.25) is 0 Å². The molecule has 1 saturated heterocycles. The summed E-state index contributed by atoms with van der Waals surface area (Å²) in [7, 11) is 0. The van der Waals surface area contributed by atoms with Gasteiger partial charge in [0.05, 0.1) is 13.2 Å². The first-order valence-electron chi connectivity index (χ1n) is 6.42. The highest BCUT2D eigenvalue weighted by Gasteiger charge is 2.20. The van der Waals surface area contributed by atoms with E-state index in [-0.39, 0.29) is 6.04 Å². The minimum atomic E-state index is 0.224. The molecule has 92 valence electrons. The van der Waals surface area contributed by atoms with Crippen molar-refractivity contribution in [1.82, 2.24) is 0 Å². The van der Waals surface area contributed by atoms with Gasteiger partial charge in [0, 0.05) is 18.6 Å². The van der Waals surface area contributed by atoms with E-state index in [0.29, 0.717) is 5.92 Å². The highest BCUT2D eigenvalue weighted by Crippen LogP contribution is 2.32. The average Bonchev–Trinajstić information content (AvgIpc) is 2.97. The van der Waals surface area contributed by atoms with Gasteiger partial charge in [0.15, 0.2) is 0 Å². The van der Waals surface area contributed by atoms with E-state index < -0.39 is 0 Å². The van der Waals surface area contributed by atoms with Crippen LogP contribution >= 0.6 is 0 Å². The van der Waals surface area contributed by atoms with Crippen LogP contribution in [-0.4, -0.2) is 19.8 Å². The monoisotopic (exact) mass is 233 g/mol. The summed E-state index contributed by atoms with van der Waals surface area (Å²) in [5, 5.41) is 0. The maximum Gasteiger partial charge on any atom is 0.119 e. The molecule has 0 bridgehead atoms. The van der Waals surface area contributed by atoms with Crippen molar-refractivity contribution in [3.63, 3.8) is 0 Å². The Bertz CT molecular complexity index is 399. The predicted octanol–water partition coefficient (Wildman–Crippen LogP) is 2.05. The zero-order valence-electron chi connectivity index (χ0n) is 10.0. The molecular weight excluding hydrogens is 214 g/mol.